The molecule has 5 aromatic rings. The van der Waals surface area contributed by atoms with E-state index in [1.54, 1.807) is 38.3 Å². The minimum Gasteiger partial charge on any atom is -0.497 e. The average Bonchev–Trinajstić information content (AvgIpc) is 3.50. The zero-order valence-electron chi connectivity index (χ0n) is 20.3. The number of methoxy groups -OCH3 is 2. The first-order chi connectivity index (χ1) is 17.9. The van der Waals surface area contributed by atoms with Crippen molar-refractivity contribution in [2.45, 2.75) is 13.5 Å². The Balaban J connectivity index is 1.83. The molecule has 11 heteroatoms. The van der Waals surface area contributed by atoms with Crippen molar-refractivity contribution in [2.24, 2.45) is 0 Å². The number of fused-ring (bicyclic) bond motifs is 2. The van der Waals surface area contributed by atoms with E-state index in [9.17, 15) is 14.9 Å². The van der Waals surface area contributed by atoms with Crippen LogP contribution in [0.4, 0.5) is 5.69 Å². The number of esters is 1. The molecule has 0 amide bonds. The van der Waals surface area contributed by atoms with E-state index in [-0.39, 0.29) is 18.0 Å². The molecule has 0 radical (unpaired) electrons. The molecule has 0 aliphatic carbocycles. The van der Waals surface area contributed by atoms with Gasteiger partial charge in [-0.1, -0.05) is 6.07 Å². The molecule has 0 N–H and O–H groups in total. The number of carbonyl (C=O) groups is 1. The van der Waals surface area contributed by atoms with Gasteiger partial charge in [-0.05, 0) is 42.8 Å². The quantitative estimate of drug-likeness (QED) is 0.151. The van der Waals surface area contributed by atoms with Gasteiger partial charge >= 0.3 is 5.97 Å². The summed E-state index contributed by atoms with van der Waals surface area (Å²) >= 11 is 1.13. The van der Waals surface area contributed by atoms with E-state index in [1.807, 2.05) is 22.8 Å². The number of nitrogens with zero attached hydrogens (tertiary/aromatic N) is 4. The van der Waals surface area contributed by atoms with Crippen LogP contribution < -0.4 is 9.47 Å². The zero-order chi connectivity index (χ0) is 26.1. The monoisotopic (exact) mass is 518 g/mol. The van der Waals surface area contributed by atoms with Crippen molar-refractivity contribution in [2.75, 3.05) is 20.8 Å². The highest BCUT2D eigenvalue weighted by Crippen LogP contribution is 2.43. The predicted molar refractivity (Wildman–Crippen MR) is 140 cm³/mol. The van der Waals surface area contributed by atoms with Gasteiger partial charge in [-0.25, -0.2) is 4.79 Å². The number of non-ortho nitro benzene ring substituents is 1. The number of aromatic nitrogens is 3. The summed E-state index contributed by atoms with van der Waals surface area (Å²) in [6.45, 7) is 2.19. The standard InChI is InChI=1S/C26H22N4O6S/c1-4-36-26(31)25-24(18-8-7-17(34-2)13-23(18)35-3)19-12-16(30(32)33)6-10-22(19)29(25)14-15-5-9-20-21(11-15)28-37-27-20/h5-13H,4,14H2,1-3H3. The zero-order valence-corrected chi connectivity index (χ0v) is 21.1. The maximum Gasteiger partial charge on any atom is 0.355 e. The summed E-state index contributed by atoms with van der Waals surface area (Å²) in [5, 5.41) is 12.2. The van der Waals surface area contributed by atoms with Crippen LogP contribution in [0.3, 0.4) is 0 Å². The Morgan fingerprint density at radius 1 is 1.03 bits per heavy atom. The van der Waals surface area contributed by atoms with Gasteiger partial charge in [0.2, 0.25) is 0 Å². The van der Waals surface area contributed by atoms with Crippen LogP contribution in [-0.2, 0) is 11.3 Å². The van der Waals surface area contributed by atoms with Gasteiger partial charge in [-0.15, -0.1) is 0 Å². The number of benzene rings is 3. The molecule has 10 nitrogen and oxygen atoms in total. The summed E-state index contributed by atoms with van der Waals surface area (Å²) in [5.41, 5.74) is 4.29. The molecule has 0 saturated carbocycles. The van der Waals surface area contributed by atoms with E-state index >= 15 is 0 Å². The number of hydrogen-bond acceptors (Lipinski definition) is 9. The SMILES string of the molecule is CCOC(=O)c1c(-c2ccc(OC)cc2OC)c2cc([N+](=O)[O-])ccc2n1Cc1ccc2nsnc2c1. The second-order valence-corrected chi connectivity index (χ2v) is 8.67. The van der Waals surface area contributed by atoms with Crippen LogP contribution >= 0.6 is 11.7 Å². The van der Waals surface area contributed by atoms with Crippen molar-refractivity contribution in [1.29, 1.82) is 0 Å². The summed E-state index contributed by atoms with van der Waals surface area (Å²) in [5.74, 6) is 0.467. The fourth-order valence-electron chi connectivity index (χ4n) is 4.42. The third-order valence-corrected chi connectivity index (χ3v) is 6.62. The lowest BCUT2D eigenvalue weighted by Crippen LogP contribution is -2.14. The normalized spacial score (nSPS) is 11.1. The Morgan fingerprint density at radius 2 is 1.84 bits per heavy atom. The minimum atomic E-state index is -0.550. The van der Waals surface area contributed by atoms with Crippen LogP contribution in [0.5, 0.6) is 11.5 Å². The first kappa shape index (κ1) is 24.2. The second-order valence-electron chi connectivity index (χ2n) is 8.14. The lowest BCUT2D eigenvalue weighted by Gasteiger charge is -2.14. The van der Waals surface area contributed by atoms with E-state index in [4.69, 9.17) is 14.2 Å². The van der Waals surface area contributed by atoms with Crippen LogP contribution in [-0.4, -0.2) is 45.0 Å². The third kappa shape index (κ3) is 4.33. The van der Waals surface area contributed by atoms with Gasteiger partial charge in [-0.3, -0.25) is 10.1 Å². The molecule has 0 spiro atoms. The lowest BCUT2D eigenvalue weighted by molar-refractivity contribution is -0.384. The minimum absolute atomic E-state index is 0.0937. The molecule has 2 aromatic heterocycles. The Kier molecular flexibility index (Phi) is 6.45. The van der Waals surface area contributed by atoms with Crippen molar-refractivity contribution in [3.05, 3.63) is 76.0 Å². The van der Waals surface area contributed by atoms with Crippen molar-refractivity contribution in [1.82, 2.24) is 13.3 Å². The molecular weight excluding hydrogens is 496 g/mol. The summed E-state index contributed by atoms with van der Waals surface area (Å²) < 4.78 is 26.8. The van der Waals surface area contributed by atoms with Crippen molar-refractivity contribution in [3.8, 4) is 22.6 Å². The predicted octanol–water partition coefficient (Wildman–Crippen LogP) is 5.46. The molecule has 0 aliphatic rings. The van der Waals surface area contributed by atoms with Gasteiger partial charge in [0.05, 0.1) is 43.0 Å². The summed E-state index contributed by atoms with van der Waals surface area (Å²) in [7, 11) is 3.06. The molecule has 188 valence electrons. The molecule has 37 heavy (non-hydrogen) atoms. The molecule has 0 saturated heterocycles. The Morgan fingerprint density at radius 3 is 2.57 bits per heavy atom. The van der Waals surface area contributed by atoms with Crippen LogP contribution in [0.25, 0.3) is 33.1 Å². The average molecular weight is 519 g/mol. The lowest BCUT2D eigenvalue weighted by atomic mass is 10.00. The number of nitro benzene ring substituents is 1. The number of ether oxygens (including phenoxy) is 3. The van der Waals surface area contributed by atoms with Gasteiger partial charge in [0, 0.05) is 41.3 Å². The fraction of sp³-hybridized carbons (Fsp3) is 0.192. The van der Waals surface area contributed by atoms with Crippen LogP contribution in [0.15, 0.2) is 54.6 Å². The van der Waals surface area contributed by atoms with Gasteiger partial charge in [-0.2, -0.15) is 8.75 Å². The fourth-order valence-corrected chi connectivity index (χ4v) is 4.94. The van der Waals surface area contributed by atoms with Gasteiger partial charge in [0.25, 0.3) is 5.69 Å². The van der Waals surface area contributed by atoms with Crippen molar-refractivity contribution >= 4 is 45.3 Å². The van der Waals surface area contributed by atoms with Crippen molar-refractivity contribution < 1.29 is 23.9 Å². The molecule has 0 atom stereocenters. The molecular formula is C26H22N4O6S. The van der Waals surface area contributed by atoms with E-state index in [0.29, 0.717) is 40.1 Å². The second kappa shape index (κ2) is 9.86. The summed E-state index contributed by atoms with van der Waals surface area (Å²) in [6, 6.07) is 15.5. The molecule has 0 fully saturated rings. The number of carbonyl (C=O) groups excluding carboxylic acids is 1. The smallest absolute Gasteiger partial charge is 0.355 e. The van der Waals surface area contributed by atoms with E-state index in [1.165, 1.54) is 19.2 Å². The maximum absolute atomic E-state index is 13.5. The Hall–Kier alpha value is -4.51. The highest BCUT2D eigenvalue weighted by atomic mass is 32.1. The van der Waals surface area contributed by atoms with E-state index < -0.39 is 10.9 Å². The highest BCUT2D eigenvalue weighted by molar-refractivity contribution is 7.00. The maximum atomic E-state index is 13.5. The van der Waals surface area contributed by atoms with Crippen LogP contribution in [0.2, 0.25) is 0 Å². The molecule has 5 rings (SSSR count). The first-order valence-corrected chi connectivity index (χ1v) is 12.1. The van der Waals surface area contributed by atoms with Crippen molar-refractivity contribution in [3.63, 3.8) is 0 Å². The topological polar surface area (TPSA) is 119 Å². The van der Waals surface area contributed by atoms with Gasteiger partial charge < -0.3 is 18.8 Å². The molecule has 0 bridgehead atoms. The highest BCUT2D eigenvalue weighted by Gasteiger charge is 2.28. The van der Waals surface area contributed by atoms with Crippen LogP contribution in [0.1, 0.15) is 23.0 Å². The van der Waals surface area contributed by atoms with E-state index in [0.717, 1.165) is 28.3 Å². The van der Waals surface area contributed by atoms with Crippen LogP contribution in [0, 0.1) is 10.1 Å². The number of hydrogen-bond donors (Lipinski definition) is 0. The molecule has 0 aliphatic heterocycles. The van der Waals surface area contributed by atoms with Gasteiger partial charge in [0.1, 0.15) is 28.2 Å². The Labute approximate surface area is 215 Å². The summed E-state index contributed by atoms with van der Waals surface area (Å²) in [6.07, 6.45) is 0. The number of nitro groups is 1. The molecule has 3 aromatic carbocycles. The Bertz CT molecular complexity index is 1660. The number of rotatable bonds is 8. The molecule has 2 heterocycles. The molecule has 0 unspecified atom stereocenters. The van der Waals surface area contributed by atoms with E-state index in [2.05, 4.69) is 8.75 Å². The third-order valence-electron chi connectivity index (χ3n) is 6.06. The first-order valence-electron chi connectivity index (χ1n) is 11.4. The largest absolute Gasteiger partial charge is 0.497 e. The summed E-state index contributed by atoms with van der Waals surface area (Å²) in [4.78, 5) is 24.7. The van der Waals surface area contributed by atoms with Gasteiger partial charge in [0.15, 0.2) is 0 Å².